The number of carbonyl (C=O) groups excluding carboxylic acids is 1. The number of carbonyl (C=O) groups is 1. The fourth-order valence-electron chi connectivity index (χ4n) is 2.71. The first-order valence-electron chi connectivity index (χ1n) is 8.03. The average Bonchev–Trinajstić information content (AvgIpc) is 3.33. The van der Waals surface area contributed by atoms with E-state index in [0.29, 0.717) is 10.8 Å². The van der Waals surface area contributed by atoms with E-state index in [1.807, 2.05) is 6.92 Å². The van der Waals surface area contributed by atoms with Crippen molar-refractivity contribution < 1.29 is 9.53 Å². The first kappa shape index (κ1) is 16.8. The first-order chi connectivity index (χ1) is 12.1. The molecular formula is C17H17N3O2S3. The Bertz CT molecular complexity index is 906. The summed E-state index contributed by atoms with van der Waals surface area (Å²) >= 11 is 4.68. The van der Waals surface area contributed by atoms with E-state index in [1.54, 1.807) is 16.7 Å². The van der Waals surface area contributed by atoms with Crippen molar-refractivity contribution in [3.8, 4) is 10.6 Å². The predicted octanol–water partition coefficient (Wildman–Crippen LogP) is 5.05. The van der Waals surface area contributed by atoms with Crippen molar-refractivity contribution in [2.75, 3.05) is 11.9 Å². The number of ether oxygens (including phenoxy) is 1. The third-order valence-electron chi connectivity index (χ3n) is 3.95. The van der Waals surface area contributed by atoms with Crippen molar-refractivity contribution in [2.24, 2.45) is 0 Å². The molecular weight excluding hydrogens is 374 g/mol. The van der Waals surface area contributed by atoms with Crippen LogP contribution in [0.5, 0.6) is 0 Å². The zero-order valence-electron chi connectivity index (χ0n) is 13.9. The SMILES string of the molecule is Cc1ccc(-c2nc(NC(=O)c3csc(C4CCCO4)n3)sc2C)s1. The van der Waals surface area contributed by atoms with Gasteiger partial charge in [-0.15, -0.1) is 34.0 Å². The van der Waals surface area contributed by atoms with Gasteiger partial charge in [-0.05, 0) is 38.8 Å². The number of nitrogens with zero attached hydrogens (tertiary/aromatic N) is 2. The summed E-state index contributed by atoms with van der Waals surface area (Å²) in [5.74, 6) is -0.219. The lowest BCUT2D eigenvalue weighted by atomic mass is 10.2. The second kappa shape index (κ2) is 6.95. The Balaban J connectivity index is 1.49. The van der Waals surface area contributed by atoms with E-state index in [0.717, 1.165) is 39.9 Å². The summed E-state index contributed by atoms with van der Waals surface area (Å²) in [5, 5.41) is 6.15. The van der Waals surface area contributed by atoms with Gasteiger partial charge in [0.1, 0.15) is 16.8 Å². The number of amides is 1. The minimum Gasteiger partial charge on any atom is -0.371 e. The van der Waals surface area contributed by atoms with Crippen LogP contribution in [0.15, 0.2) is 17.5 Å². The molecule has 1 aliphatic rings. The number of thiophene rings is 1. The quantitative estimate of drug-likeness (QED) is 0.676. The van der Waals surface area contributed by atoms with Gasteiger partial charge >= 0.3 is 0 Å². The van der Waals surface area contributed by atoms with E-state index in [-0.39, 0.29) is 12.0 Å². The number of hydrogen-bond donors (Lipinski definition) is 1. The smallest absolute Gasteiger partial charge is 0.276 e. The maximum atomic E-state index is 12.5. The molecule has 3 aromatic heterocycles. The number of nitrogens with one attached hydrogen (secondary N) is 1. The molecule has 1 saturated heterocycles. The molecule has 0 aromatic carbocycles. The van der Waals surface area contributed by atoms with Crippen LogP contribution in [0, 0.1) is 13.8 Å². The first-order valence-corrected chi connectivity index (χ1v) is 10.5. The van der Waals surface area contributed by atoms with E-state index in [4.69, 9.17) is 4.74 Å². The molecule has 1 fully saturated rings. The van der Waals surface area contributed by atoms with Crippen molar-refractivity contribution in [3.63, 3.8) is 0 Å². The van der Waals surface area contributed by atoms with Crippen molar-refractivity contribution in [1.82, 2.24) is 9.97 Å². The Morgan fingerprint density at radius 1 is 1.28 bits per heavy atom. The van der Waals surface area contributed by atoms with Crippen LogP contribution in [0.1, 0.15) is 44.2 Å². The van der Waals surface area contributed by atoms with Crippen molar-refractivity contribution >= 4 is 45.0 Å². The number of thiazole rings is 2. The number of rotatable bonds is 4. The third kappa shape index (κ3) is 3.52. The molecule has 130 valence electrons. The molecule has 0 saturated carbocycles. The molecule has 1 atom stereocenters. The van der Waals surface area contributed by atoms with Gasteiger partial charge in [-0.2, -0.15) is 0 Å². The zero-order valence-corrected chi connectivity index (χ0v) is 16.3. The van der Waals surface area contributed by atoms with Crippen LogP contribution >= 0.6 is 34.0 Å². The fourth-order valence-corrected chi connectivity index (χ4v) is 5.40. The molecule has 1 aliphatic heterocycles. The maximum absolute atomic E-state index is 12.5. The van der Waals surface area contributed by atoms with Gasteiger partial charge in [0.15, 0.2) is 5.13 Å². The summed E-state index contributed by atoms with van der Waals surface area (Å²) in [4.78, 5) is 25.0. The summed E-state index contributed by atoms with van der Waals surface area (Å²) in [7, 11) is 0. The van der Waals surface area contributed by atoms with E-state index < -0.39 is 0 Å². The number of aromatic nitrogens is 2. The van der Waals surface area contributed by atoms with Gasteiger partial charge in [-0.25, -0.2) is 9.97 Å². The van der Waals surface area contributed by atoms with Crippen LogP contribution in [0.2, 0.25) is 0 Å². The van der Waals surface area contributed by atoms with Gasteiger partial charge in [0.2, 0.25) is 0 Å². The molecule has 1 unspecified atom stereocenters. The van der Waals surface area contributed by atoms with E-state index in [2.05, 4.69) is 34.3 Å². The summed E-state index contributed by atoms with van der Waals surface area (Å²) in [6, 6.07) is 4.15. The molecule has 8 heteroatoms. The average molecular weight is 392 g/mol. The standard InChI is InChI=1S/C17H17N3O2S3/c1-9-5-6-13(24-9)14-10(2)25-17(19-14)20-15(21)11-8-23-16(18-11)12-4-3-7-22-12/h5-6,8,12H,3-4,7H2,1-2H3,(H,19,20,21). The number of anilines is 1. The molecule has 0 aliphatic carbocycles. The van der Waals surface area contributed by atoms with Gasteiger partial charge in [0.25, 0.3) is 5.91 Å². The lowest BCUT2D eigenvalue weighted by Crippen LogP contribution is -2.12. The van der Waals surface area contributed by atoms with Crippen molar-refractivity contribution in [3.05, 3.63) is 38.0 Å². The van der Waals surface area contributed by atoms with Crippen LogP contribution in [0.3, 0.4) is 0 Å². The van der Waals surface area contributed by atoms with Crippen LogP contribution in [0.25, 0.3) is 10.6 Å². The number of aryl methyl sites for hydroxylation is 2. The second-order valence-corrected chi connectivity index (χ2v) is 9.24. The minimum absolute atomic E-state index is 0.0438. The summed E-state index contributed by atoms with van der Waals surface area (Å²) in [5.41, 5.74) is 1.37. The lowest BCUT2D eigenvalue weighted by Gasteiger charge is -2.03. The highest BCUT2D eigenvalue weighted by molar-refractivity contribution is 7.18. The van der Waals surface area contributed by atoms with Crippen molar-refractivity contribution in [2.45, 2.75) is 32.8 Å². The fraction of sp³-hybridized carbons (Fsp3) is 0.353. The maximum Gasteiger partial charge on any atom is 0.276 e. The Hall–Kier alpha value is -1.61. The summed E-state index contributed by atoms with van der Waals surface area (Å²) < 4.78 is 5.63. The molecule has 25 heavy (non-hydrogen) atoms. The Morgan fingerprint density at radius 2 is 2.16 bits per heavy atom. The third-order valence-corrected chi connectivity index (χ3v) is 6.78. The zero-order chi connectivity index (χ0) is 17.4. The Labute approximate surface area is 157 Å². The van der Waals surface area contributed by atoms with E-state index in [9.17, 15) is 4.79 Å². The molecule has 1 amide bonds. The van der Waals surface area contributed by atoms with Crippen molar-refractivity contribution in [1.29, 1.82) is 0 Å². The molecule has 1 N–H and O–H groups in total. The molecule has 0 spiro atoms. The topological polar surface area (TPSA) is 64.1 Å². The van der Waals surface area contributed by atoms with Crippen LogP contribution in [-0.4, -0.2) is 22.5 Å². The van der Waals surface area contributed by atoms with Gasteiger partial charge in [-0.3, -0.25) is 10.1 Å². The normalized spacial score (nSPS) is 17.1. The molecule has 4 heterocycles. The molecule has 0 bridgehead atoms. The predicted molar refractivity (Wildman–Crippen MR) is 103 cm³/mol. The van der Waals surface area contributed by atoms with Crippen LogP contribution in [-0.2, 0) is 4.74 Å². The van der Waals surface area contributed by atoms with E-state index in [1.165, 1.54) is 27.6 Å². The molecule has 4 rings (SSSR count). The summed E-state index contributed by atoms with van der Waals surface area (Å²) in [6.45, 7) is 4.87. The van der Waals surface area contributed by atoms with Gasteiger partial charge in [-0.1, -0.05) is 0 Å². The number of hydrogen-bond acceptors (Lipinski definition) is 7. The molecule has 5 nitrogen and oxygen atoms in total. The largest absolute Gasteiger partial charge is 0.371 e. The van der Waals surface area contributed by atoms with Gasteiger partial charge < -0.3 is 4.74 Å². The van der Waals surface area contributed by atoms with Gasteiger partial charge in [0.05, 0.1) is 10.6 Å². The summed E-state index contributed by atoms with van der Waals surface area (Å²) in [6.07, 6.45) is 2.07. The highest BCUT2D eigenvalue weighted by Crippen LogP contribution is 2.35. The molecule has 0 radical (unpaired) electrons. The highest BCUT2D eigenvalue weighted by atomic mass is 32.1. The van der Waals surface area contributed by atoms with Gasteiger partial charge in [0, 0.05) is 21.7 Å². The second-order valence-electron chi connectivity index (χ2n) is 5.86. The monoisotopic (exact) mass is 391 g/mol. The van der Waals surface area contributed by atoms with E-state index >= 15 is 0 Å². The van der Waals surface area contributed by atoms with Crippen LogP contribution < -0.4 is 5.32 Å². The molecule has 3 aromatic rings. The minimum atomic E-state index is -0.219. The highest BCUT2D eigenvalue weighted by Gasteiger charge is 2.23. The van der Waals surface area contributed by atoms with Crippen LogP contribution in [0.4, 0.5) is 5.13 Å². The Kier molecular flexibility index (Phi) is 4.68. The Morgan fingerprint density at radius 3 is 2.88 bits per heavy atom. The lowest BCUT2D eigenvalue weighted by molar-refractivity contribution is 0.101.